The third-order valence-electron chi connectivity index (χ3n) is 6.82. The highest BCUT2D eigenvalue weighted by Gasteiger charge is 2.42. The minimum atomic E-state index is -0.128. The molecule has 6 nitrogen and oxygen atoms in total. The number of amides is 1. The first-order chi connectivity index (χ1) is 17.7. The molecule has 5 rings (SSSR count). The molecule has 0 saturated carbocycles. The topological polar surface area (TPSA) is 62.2 Å². The van der Waals surface area contributed by atoms with Crippen LogP contribution in [0.4, 0.5) is 11.4 Å². The van der Waals surface area contributed by atoms with Crippen LogP contribution in [0, 0.1) is 27.7 Å². The Labute approximate surface area is 223 Å². The third kappa shape index (κ3) is 4.74. The van der Waals surface area contributed by atoms with Gasteiger partial charge in [0.2, 0.25) is 5.91 Å². The van der Waals surface area contributed by atoms with Crippen LogP contribution in [0.15, 0.2) is 72.9 Å². The Morgan fingerprint density at radius 1 is 0.946 bits per heavy atom. The SMILES string of the molecule is CC(=O)Nc1ccc(N2C(=S)NC(c3ccccn3)C2c2cc(C)n(-c3cc(C)cc(C)c3)c2C)cc1. The molecular weight excluding hydrogens is 478 g/mol. The van der Waals surface area contributed by atoms with Crippen LogP contribution in [-0.2, 0) is 4.79 Å². The molecule has 1 fully saturated rings. The van der Waals surface area contributed by atoms with Crippen molar-refractivity contribution in [3.63, 3.8) is 0 Å². The number of carbonyl (C=O) groups is 1. The average Bonchev–Trinajstić information content (AvgIpc) is 3.34. The second-order valence-corrected chi connectivity index (χ2v) is 10.1. The molecule has 1 aliphatic rings. The summed E-state index contributed by atoms with van der Waals surface area (Å²) in [5.41, 5.74) is 9.78. The van der Waals surface area contributed by atoms with Gasteiger partial charge in [0.25, 0.3) is 0 Å². The van der Waals surface area contributed by atoms with Gasteiger partial charge in [-0.25, -0.2) is 0 Å². The monoisotopic (exact) mass is 509 g/mol. The van der Waals surface area contributed by atoms with Crippen LogP contribution < -0.4 is 15.5 Å². The highest BCUT2D eigenvalue weighted by atomic mass is 32.1. The Bertz CT molecular complexity index is 1460. The molecule has 2 aromatic heterocycles. The van der Waals surface area contributed by atoms with E-state index in [1.807, 2.05) is 48.7 Å². The number of benzene rings is 2. The van der Waals surface area contributed by atoms with Crippen molar-refractivity contribution >= 4 is 34.6 Å². The van der Waals surface area contributed by atoms with Gasteiger partial charge in [-0.3, -0.25) is 9.78 Å². The van der Waals surface area contributed by atoms with Crippen molar-refractivity contribution in [2.45, 2.75) is 46.7 Å². The molecular formula is C30H31N5OS. The lowest BCUT2D eigenvalue weighted by Gasteiger charge is -2.28. The summed E-state index contributed by atoms with van der Waals surface area (Å²) in [4.78, 5) is 18.4. The molecule has 188 valence electrons. The minimum Gasteiger partial charge on any atom is -0.351 e. The van der Waals surface area contributed by atoms with E-state index in [-0.39, 0.29) is 18.0 Å². The molecule has 0 radical (unpaired) electrons. The summed E-state index contributed by atoms with van der Waals surface area (Å²) < 4.78 is 2.32. The maximum atomic E-state index is 11.5. The predicted octanol–water partition coefficient (Wildman–Crippen LogP) is 6.24. The van der Waals surface area contributed by atoms with E-state index >= 15 is 0 Å². The first-order valence-electron chi connectivity index (χ1n) is 12.4. The van der Waals surface area contributed by atoms with Gasteiger partial charge in [-0.15, -0.1) is 0 Å². The second kappa shape index (κ2) is 9.82. The summed E-state index contributed by atoms with van der Waals surface area (Å²) in [7, 11) is 0. The van der Waals surface area contributed by atoms with Crippen LogP contribution >= 0.6 is 12.2 Å². The highest BCUT2D eigenvalue weighted by molar-refractivity contribution is 7.80. The zero-order chi connectivity index (χ0) is 26.3. The van der Waals surface area contributed by atoms with Crippen molar-refractivity contribution in [2.75, 3.05) is 10.2 Å². The van der Waals surface area contributed by atoms with Gasteiger partial charge in [0.05, 0.1) is 17.8 Å². The van der Waals surface area contributed by atoms with Crippen LogP contribution in [0.1, 0.15) is 52.8 Å². The van der Waals surface area contributed by atoms with Crippen LogP contribution in [0.2, 0.25) is 0 Å². The first-order valence-corrected chi connectivity index (χ1v) is 12.8. The molecule has 1 amide bonds. The molecule has 2 aromatic carbocycles. The zero-order valence-electron chi connectivity index (χ0n) is 21.7. The summed E-state index contributed by atoms with van der Waals surface area (Å²) in [6.07, 6.45) is 1.82. The van der Waals surface area contributed by atoms with Crippen molar-refractivity contribution in [1.29, 1.82) is 0 Å². The summed E-state index contributed by atoms with van der Waals surface area (Å²) in [6, 6.07) is 22.5. The minimum absolute atomic E-state index is 0.0990. The number of pyridine rings is 1. The fourth-order valence-electron chi connectivity index (χ4n) is 5.42. The van der Waals surface area contributed by atoms with Gasteiger partial charge < -0.3 is 20.1 Å². The van der Waals surface area contributed by atoms with Crippen molar-refractivity contribution in [3.8, 4) is 5.69 Å². The Hall–Kier alpha value is -3.97. The molecule has 37 heavy (non-hydrogen) atoms. The lowest BCUT2D eigenvalue weighted by molar-refractivity contribution is -0.114. The molecule has 0 spiro atoms. The van der Waals surface area contributed by atoms with Gasteiger partial charge >= 0.3 is 0 Å². The molecule has 3 heterocycles. The van der Waals surface area contributed by atoms with Gasteiger partial charge in [0, 0.05) is 41.6 Å². The summed E-state index contributed by atoms with van der Waals surface area (Å²) in [6.45, 7) is 10.1. The molecule has 0 bridgehead atoms. The van der Waals surface area contributed by atoms with Gasteiger partial charge in [0.15, 0.2) is 5.11 Å². The summed E-state index contributed by atoms with van der Waals surface area (Å²) in [5, 5.41) is 7.03. The smallest absolute Gasteiger partial charge is 0.221 e. The van der Waals surface area contributed by atoms with Crippen LogP contribution in [0.25, 0.3) is 5.69 Å². The maximum absolute atomic E-state index is 11.5. The Kier molecular flexibility index (Phi) is 6.56. The summed E-state index contributed by atoms with van der Waals surface area (Å²) in [5.74, 6) is -0.0990. The number of nitrogens with one attached hydrogen (secondary N) is 2. The Balaban J connectivity index is 1.64. The van der Waals surface area contributed by atoms with Crippen molar-refractivity contribution in [3.05, 3.63) is 107 Å². The molecule has 7 heteroatoms. The van der Waals surface area contributed by atoms with Gasteiger partial charge in [-0.05, 0) is 111 Å². The van der Waals surface area contributed by atoms with Gasteiger partial charge in [0.1, 0.15) is 0 Å². The van der Waals surface area contributed by atoms with E-state index in [1.165, 1.54) is 29.3 Å². The lowest BCUT2D eigenvalue weighted by atomic mass is 9.96. The van der Waals surface area contributed by atoms with E-state index in [1.54, 1.807) is 0 Å². The molecule has 0 aliphatic carbocycles. The molecule has 4 aromatic rings. The first kappa shape index (κ1) is 24.7. The summed E-state index contributed by atoms with van der Waals surface area (Å²) >= 11 is 5.90. The highest BCUT2D eigenvalue weighted by Crippen LogP contribution is 2.44. The second-order valence-electron chi connectivity index (χ2n) is 9.73. The van der Waals surface area contributed by atoms with E-state index < -0.39 is 0 Å². The molecule has 2 atom stereocenters. The van der Waals surface area contributed by atoms with Gasteiger partial charge in [-0.2, -0.15) is 0 Å². The number of anilines is 2. The van der Waals surface area contributed by atoms with E-state index in [2.05, 4.69) is 77.0 Å². The van der Waals surface area contributed by atoms with E-state index in [0.717, 1.165) is 28.5 Å². The molecule has 1 saturated heterocycles. The number of nitrogens with zero attached hydrogens (tertiary/aromatic N) is 3. The normalized spacial score (nSPS) is 17.1. The number of rotatable bonds is 5. The lowest BCUT2D eigenvalue weighted by Crippen LogP contribution is -2.29. The van der Waals surface area contributed by atoms with E-state index in [9.17, 15) is 4.79 Å². The number of hydrogen-bond acceptors (Lipinski definition) is 3. The third-order valence-corrected chi connectivity index (χ3v) is 7.13. The van der Waals surface area contributed by atoms with Gasteiger partial charge in [-0.1, -0.05) is 12.1 Å². The van der Waals surface area contributed by atoms with E-state index in [4.69, 9.17) is 12.2 Å². The molecule has 2 N–H and O–H groups in total. The number of thiocarbonyl (C=S) groups is 1. The van der Waals surface area contributed by atoms with Crippen LogP contribution in [0.5, 0.6) is 0 Å². The number of aromatic nitrogens is 2. The predicted molar refractivity (Wildman–Crippen MR) is 153 cm³/mol. The Morgan fingerprint density at radius 3 is 2.27 bits per heavy atom. The quantitative estimate of drug-likeness (QED) is 0.312. The Morgan fingerprint density at radius 2 is 1.65 bits per heavy atom. The fraction of sp³-hybridized carbons (Fsp3) is 0.233. The molecule has 1 aliphatic heterocycles. The molecule has 2 unspecified atom stereocenters. The standard InChI is InChI=1S/C30H31N5OS/c1-18-14-19(2)16-25(15-18)34-20(3)17-26(21(34)4)29-28(27-8-6-7-13-31-27)33-30(37)35(29)24-11-9-23(10-12-24)32-22(5)36/h6-17,28-29H,1-5H3,(H,32,36)(H,33,37). The average molecular weight is 510 g/mol. The van der Waals surface area contributed by atoms with Crippen molar-refractivity contribution in [1.82, 2.24) is 14.9 Å². The number of aryl methyl sites for hydroxylation is 3. The fourth-order valence-corrected chi connectivity index (χ4v) is 5.77. The maximum Gasteiger partial charge on any atom is 0.221 e. The zero-order valence-corrected chi connectivity index (χ0v) is 22.6. The number of carbonyl (C=O) groups excluding carboxylic acids is 1. The van der Waals surface area contributed by atoms with E-state index in [0.29, 0.717) is 5.11 Å². The largest absolute Gasteiger partial charge is 0.351 e. The van der Waals surface area contributed by atoms with Crippen LogP contribution in [0.3, 0.4) is 0 Å². The van der Waals surface area contributed by atoms with Crippen molar-refractivity contribution in [2.24, 2.45) is 0 Å². The van der Waals surface area contributed by atoms with Crippen LogP contribution in [-0.4, -0.2) is 20.6 Å². The number of hydrogen-bond donors (Lipinski definition) is 2. The van der Waals surface area contributed by atoms with Crippen molar-refractivity contribution < 1.29 is 4.79 Å².